The quantitative estimate of drug-likeness (QED) is 0.0756. The van der Waals surface area contributed by atoms with Crippen LogP contribution >= 0.6 is 11.3 Å². The van der Waals surface area contributed by atoms with Crippen LogP contribution in [0.2, 0.25) is 0 Å². The second kappa shape index (κ2) is 22.2. The molecule has 17 nitrogen and oxygen atoms in total. The average Bonchev–Trinajstić information content (AvgIpc) is 4.11. The topological polar surface area (TPSA) is 225 Å². The van der Waals surface area contributed by atoms with Crippen LogP contribution in [0.3, 0.4) is 0 Å². The molecule has 2 aromatic carbocycles. The fraction of sp³-hybridized carbons (Fsp3) is 0.500. The van der Waals surface area contributed by atoms with Gasteiger partial charge in [0, 0.05) is 74.4 Å². The van der Waals surface area contributed by atoms with Gasteiger partial charge in [-0.2, -0.15) is 5.10 Å². The van der Waals surface area contributed by atoms with E-state index in [1.54, 1.807) is 35.7 Å². The normalized spacial score (nSPS) is 18.8. The number of nitrogens with one attached hydrogen (secondary N) is 2. The van der Waals surface area contributed by atoms with Crippen LogP contribution in [0, 0.1) is 24.2 Å². The summed E-state index contributed by atoms with van der Waals surface area (Å²) in [5, 5.41) is 39.8. The highest BCUT2D eigenvalue weighted by Crippen LogP contribution is 2.33. The van der Waals surface area contributed by atoms with E-state index in [-0.39, 0.29) is 67.0 Å². The van der Waals surface area contributed by atoms with E-state index in [1.807, 2.05) is 85.4 Å². The van der Waals surface area contributed by atoms with Crippen molar-refractivity contribution in [3.8, 4) is 38.6 Å². The lowest BCUT2D eigenvalue weighted by molar-refractivity contribution is -0.144. The molecule has 18 heteroatoms. The van der Waals surface area contributed by atoms with E-state index in [9.17, 15) is 29.4 Å². The van der Waals surface area contributed by atoms with Gasteiger partial charge in [0.05, 0.1) is 34.1 Å². The van der Waals surface area contributed by atoms with Crippen molar-refractivity contribution in [2.24, 2.45) is 17.3 Å². The van der Waals surface area contributed by atoms with E-state index in [1.165, 1.54) is 4.90 Å². The monoisotopic (exact) mass is 973 g/mol. The molecule has 4 amide bonds. The van der Waals surface area contributed by atoms with Gasteiger partial charge < -0.3 is 41.3 Å². The number of aromatic hydroxyl groups is 1. The molecule has 0 radical (unpaired) electrons. The van der Waals surface area contributed by atoms with Gasteiger partial charge in [-0.15, -0.1) is 21.5 Å². The molecular formula is C52H67N11O6S. The first kappa shape index (κ1) is 50.2. The number of hydrogen-bond acceptors (Lipinski definition) is 13. The Morgan fingerprint density at radius 2 is 1.67 bits per heavy atom. The fourth-order valence-electron chi connectivity index (χ4n) is 9.95. The molecule has 6 heterocycles. The number of phenols is 1. The third kappa shape index (κ3) is 12.2. The second-order valence-corrected chi connectivity index (χ2v) is 21.1. The van der Waals surface area contributed by atoms with E-state index in [0.29, 0.717) is 29.2 Å². The van der Waals surface area contributed by atoms with Crippen LogP contribution in [0.1, 0.15) is 83.4 Å². The van der Waals surface area contributed by atoms with Crippen LogP contribution in [-0.2, 0) is 32.3 Å². The SMILES string of the molecule is Cc1ncsc1-c1ccc(CNC(=O)[C@@H]2C[C@@H](O)CN2C(=O)[C@@H](NC(=O)CCCCN2CCC(C(=O)N3CCC(Cn4cc(-c5cc(-c6ccccc6O)nnc5N)cn4)CC3)CC2)C(C)(C)C)cc1. The van der Waals surface area contributed by atoms with Gasteiger partial charge in [-0.25, -0.2) is 4.98 Å². The van der Waals surface area contributed by atoms with Crippen molar-refractivity contribution in [1.29, 1.82) is 0 Å². The number of carbonyl (C=O) groups excluding carboxylic acids is 4. The van der Waals surface area contributed by atoms with Crippen molar-refractivity contribution in [3.63, 3.8) is 0 Å². The number of nitrogens with zero attached hydrogens (tertiary/aromatic N) is 8. The van der Waals surface area contributed by atoms with Crippen molar-refractivity contribution >= 4 is 40.8 Å². The molecule has 0 unspecified atom stereocenters. The number of phenolic OH excluding ortho intramolecular Hbond substituents is 1. The number of benzene rings is 2. The zero-order chi connectivity index (χ0) is 49.5. The average molecular weight is 974 g/mol. The highest BCUT2D eigenvalue weighted by atomic mass is 32.1. The highest BCUT2D eigenvalue weighted by Gasteiger charge is 2.44. The van der Waals surface area contributed by atoms with Gasteiger partial charge in [0.15, 0.2) is 5.82 Å². The summed E-state index contributed by atoms with van der Waals surface area (Å²) in [4.78, 5) is 65.9. The summed E-state index contributed by atoms with van der Waals surface area (Å²) in [6.45, 7) is 12.6. The summed E-state index contributed by atoms with van der Waals surface area (Å²) in [7, 11) is 0. The summed E-state index contributed by atoms with van der Waals surface area (Å²) in [5.41, 5.74) is 13.0. The minimum absolute atomic E-state index is 0.0141. The maximum atomic E-state index is 14.1. The Balaban J connectivity index is 0.730. The molecule has 3 fully saturated rings. The molecule has 3 atom stereocenters. The molecule has 3 aromatic heterocycles. The number of nitrogen functional groups attached to an aromatic ring is 1. The van der Waals surface area contributed by atoms with Crippen molar-refractivity contribution < 1.29 is 29.4 Å². The van der Waals surface area contributed by atoms with E-state index in [4.69, 9.17) is 5.73 Å². The van der Waals surface area contributed by atoms with Gasteiger partial charge in [0.1, 0.15) is 17.8 Å². The van der Waals surface area contributed by atoms with Crippen LogP contribution < -0.4 is 16.4 Å². The minimum atomic E-state index is -0.876. The van der Waals surface area contributed by atoms with Gasteiger partial charge >= 0.3 is 0 Å². The molecule has 372 valence electrons. The van der Waals surface area contributed by atoms with Crippen molar-refractivity contribution in [1.82, 2.24) is 50.3 Å². The molecule has 3 aliphatic rings. The Morgan fingerprint density at radius 1 is 0.929 bits per heavy atom. The molecule has 6 N–H and O–H groups in total. The number of rotatable bonds is 16. The van der Waals surface area contributed by atoms with Gasteiger partial charge in [-0.3, -0.25) is 23.9 Å². The zero-order valence-corrected chi connectivity index (χ0v) is 41.5. The van der Waals surface area contributed by atoms with Crippen molar-refractivity contribution in [2.75, 3.05) is 45.0 Å². The molecule has 3 saturated heterocycles. The summed E-state index contributed by atoms with van der Waals surface area (Å²) in [5.74, 6) is 0.118. The Morgan fingerprint density at radius 3 is 2.37 bits per heavy atom. The number of aliphatic hydroxyl groups is 1. The Labute approximate surface area is 413 Å². The largest absolute Gasteiger partial charge is 0.507 e. The number of aromatic nitrogens is 5. The molecule has 5 aromatic rings. The first-order valence-electron chi connectivity index (χ1n) is 24.6. The number of anilines is 1. The number of hydrogen-bond donors (Lipinski definition) is 5. The number of aliphatic hydroxyl groups excluding tert-OH is 1. The second-order valence-electron chi connectivity index (χ2n) is 20.3. The number of amides is 4. The van der Waals surface area contributed by atoms with Crippen LogP contribution in [0.25, 0.3) is 32.8 Å². The van der Waals surface area contributed by atoms with Gasteiger partial charge in [-0.1, -0.05) is 57.2 Å². The van der Waals surface area contributed by atoms with Gasteiger partial charge in [0.25, 0.3) is 0 Å². The lowest BCUT2D eigenvalue weighted by atomic mass is 9.85. The zero-order valence-electron chi connectivity index (χ0n) is 40.7. The number of nitrogens with two attached hydrogens (primary N) is 1. The van der Waals surface area contributed by atoms with Crippen molar-refractivity contribution in [3.05, 3.63) is 83.8 Å². The molecule has 3 aliphatic heterocycles. The maximum absolute atomic E-state index is 14.1. The summed E-state index contributed by atoms with van der Waals surface area (Å²) < 4.78 is 1.93. The molecule has 0 bridgehead atoms. The minimum Gasteiger partial charge on any atom is -0.507 e. The van der Waals surface area contributed by atoms with Crippen LogP contribution in [0.5, 0.6) is 5.75 Å². The first-order valence-corrected chi connectivity index (χ1v) is 25.5. The molecule has 70 heavy (non-hydrogen) atoms. The number of likely N-dealkylation sites (tertiary alicyclic amines) is 3. The summed E-state index contributed by atoms with van der Waals surface area (Å²) in [6, 6.07) is 15.0. The number of β-amino-alcohol motifs (C(OH)–C–C–N with tert-alkyl or cyclic N) is 1. The van der Waals surface area contributed by atoms with E-state index in [2.05, 4.69) is 35.8 Å². The number of para-hydroxylation sites is 1. The standard InChI is InChI=1S/C52H67N11O6S/c1-33-46(70-32-55-33)36-14-12-34(13-15-36)27-54-49(67)43-25-39(64)31-63(43)51(69)47(52(2,3)4)57-45(66)11-7-8-20-60-21-18-37(19-22-60)50(68)61-23-16-35(17-24-61)29-62-30-38(28-56-62)41-26-42(58-59-48(41)53)40-9-5-6-10-44(40)65/h5-6,9-10,12-15,26,28,30,32,35,37,39,43,47,64-65H,7-8,11,16-25,27,29,31H2,1-4H3,(H2,53,59)(H,54,67)(H,57,66)/t39-,43+,47-/m1/s1. The number of piperidine rings is 2. The first-order chi connectivity index (χ1) is 33.6. The molecule has 0 spiro atoms. The molecule has 8 rings (SSSR count). The fourth-order valence-corrected chi connectivity index (χ4v) is 10.8. The summed E-state index contributed by atoms with van der Waals surface area (Å²) >= 11 is 1.58. The summed E-state index contributed by atoms with van der Waals surface area (Å²) in [6.07, 6.45) is 8.17. The third-order valence-electron chi connectivity index (χ3n) is 14.1. The van der Waals surface area contributed by atoms with Crippen LogP contribution in [0.4, 0.5) is 5.82 Å². The number of carbonyl (C=O) groups is 4. The Hall–Kier alpha value is -6.24. The van der Waals surface area contributed by atoms with Gasteiger partial charge in [0.2, 0.25) is 23.6 Å². The Kier molecular flexibility index (Phi) is 15.9. The smallest absolute Gasteiger partial charge is 0.246 e. The highest BCUT2D eigenvalue weighted by molar-refractivity contribution is 7.13. The van der Waals surface area contributed by atoms with Crippen LogP contribution in [-0.4, -0.2) is 131 Å². The van der Waals surface area contributed by atoms with E-state index in [0.717, 1.165) is 98.6 Å². The number of thiazole rings is 1. The number of unbranched alkanes of at least 4 members (excludes halogenated alkanes) is 1. The molecular weight excluding hydrogens is 907 g/mol. The third-order valence-corrected chi connectivity index (χ3v) is 15.1. The number of aryl methyl sites for hydroxylation is 1. The Bertz CT molecular complexity index is 2610. The predicted molar refractivity (Wildman–Crippen MR) is 269 cm³/mol. The van der Waals surface area contributed by atoms with Crippen LogP contribution in [0.15, 0.2) is 72.5 Å². The van der Waals surface area contributed by atoms with E-state index >= 15 is 0 Å². The lowest BCUT2D eigenvalue weighted by Crippen LogP contribution is -2.57. The molecule has 0 aliphatic carbocycles. The maximum Gasteiger partial charge on any atom is 0.246 e. The van der Waals surface area contributed by atoms with Gasteiger partial charge in [-0.05, 0) is 106 Å². The lowest BCUT2D eigenvalue weighted by Gasteiger charge is -2.37. The molecule has 0 saturated carbocycles. The van der Waals surface area contributed by atoms with Crippen molar-refractivity contribution in [2.45, 2.75) is 110 Å². The predicted octanol–water partition coefficient (Wildman–Crippen LogP) is 5.66. The van der Waals surface area contributed by atoms with E-state index < -0.39 is 23.6 Å².